The lowest BCUT2D eigenvalue weighted by molar-refractivity contribution is 0.0438. The molecule has 0 radical (unpaired) electrons. The zero-order valence-electron chi connectivity index (χ0n) is 13.1. The van der Waals surface area contributed by atoms with E-state index >= 15 is 0 Å². The van der Waals surface area contributed by atoms with Gasteiger partial charge in [0, 0.05) is 6.26 Å². The summed E-state index contributed by atoms with van der Waals surface area (Å²) in [6.07, 6.45) is 1.12. The van der Waals surface area contributed by atoms with Gasteiger partial charge in [0.25, 0.3) is 0 Å². The number of furan rings is 1. The van der Waals surface area contributed by atoms with Gasteiger partial charge in [0.15, 0.2) is 9.84 Å². The summed E-state index contributed by atoms with van der Waals surface area (Å²) in [5.74, 6) is -1.11. The van der Waals surface area contributed by atoms with Crippen LogP contribution in [-0.2, 0) is 31.7 Å². The molecular weight excluding hydrogens is 336 g/mol. The number of hydrogen-bond donors (Lipinski definition) is 0. The van der Waals surface area contributed by atoms with Crippen LogP contribution in [0, 0.1) is 0 Å². The Kier molecular flexibility index (Phi) is 5.40. The van der Waals surface area contributed by atoms with Gasteiger partial charge in [0.2, 0.25) is 5.76 Å². The van der Waals surface area contributed by atoms with Crippen molar-refractivity contribution in [3.8, 4) is 0 Å². The Bertz CT molecular complexity index is 849. The highest BCUT2D eigenvalue weighted by atomic mass is 32.2. The minimum absolute atomic E-state index is 0.0127. The molecular formula is C16H16O7S. The maximum absolute atomic E-state index is 12.0. The standard InChI is InChI=1S/C16H16O7S/c1-21-16(18)14-7-6-13(23-14)9-22-15(17)12-5-3-4-11(8-12)10-24(2,19)20/h3-8H,9-10H2,1-2H3. The van der Waals surface area contributed by atoms with Gasteiger partial charge in [-0.3, -0.25) is 0 Å². The van der Waals surface area contributed by atoms with Crippen molar-refractivity contribution in [3.63, 3.8) is 0 Å². The molecule has 128 valence electrons. The van der Waals surface area contributed by atoms with Crippen LogP contribution in [0.1, 0.15) is 32.2 Å². The van der Waals surface area contributed by atoms with Gasteiger partial charge < -0.3 is 13.9 Å². The van der Waals surface area contributed by atoms with E-state index in [0.717, 1.165) is 6.26 Å². The second-order valence-corrected chi connectivity index (χ2v) is 7.24. The summed E-state index contributed by atoms with van der Waals surface area (Å²) in [5, 5.41) is 0. The minimum Gasteiger partial charge on any atom is -0.463 e. The van der Waals surface area contributed by atoms with Crippen LogP contribution in [0.4, 0.5) is 0 Å². The molecule has 2 aromatic rings. The number of sulfone groups is 1. The second-order valence-electron chi connectivity index (χ2n) is 5.10. The van der Waals surface area contributed by atoms with Crippen molar-refractivity contribution in [2.45, 2.75) is 12.4 Å². The molecule has 1 aromatic carbocycles. The average Bonchev–Trinajstić information content (AvgIpc) is 2.99. The number of ether oxygens (including phenoxy) is 2. The molecule has 24 heavy (non-hydrogen) atoms. The van der Waals surface area contributed by atoms with E-state index in [4.69, 9.17) is 9.15 Å². The fourth-order valence-electron chi connectivity index (χ4n) is 1.98. The molecule has 0 amide bonds. The van der Waals surface area contributed by atoms with Crippen LogP contribution in [0.3, 0.4) is 0 Å². The van der Waals surface area contributed by atoms with E-state index in [9.17, 15) is 18.0 Å². The van der Waals surface area contributed by atoms with Gasteiger partial charge in [-0.1, -0.05) is 12.1 Å². The molecule has 1 aromatic heterocycles. The summed E-state index contributed by atoms with van der Waals surface area (Å²) in [6.45, 7) is -0.161. The molecule has 2 rings (SSSR count). The first-order chi connectivity index (χ1) is 11.3. The van der Waals surface area contributed by atoms with Crippen LogP contribution in [-0.4, -0.2) is 33.7 Å². The first-order valence-corrected chi connectivity index (χ1v) is 8.95. The third-order valence-electron chi connectivity index (χ3n) is 2.99. The molecule has 0 aliphatic heterocycles. The summed E-state index contributed by atoms with van der Waals surface area (Å²) in [6, 6.07) is 9.11. The number of hydrogen-bond acceptors (Lipinski definition) is 7. The van der Waals surface area contributed by atoms with Crippen molar-refractivity contribution in [1.82, 2.24) is 0 Å². The fourth-order valence-corrected chi connectivity index (χ4v) is 2.76. The summed E-state index contributed by atoms with van der Waals surface area (Å²) in [7, 11) is -1.96. The number of esters is 2. The van der Waals surface area contributed by atoms with E-state index in [1.807, 2.05) is 0 Å². The van der Waals surface area contributed by atoms with Crippen LogP contribution < -0.4 is 0 Å². The molecule has 8 heteroatoms. The van der Waals surface area contributed by atoms with Crippen LogP contribution in [0.25, 0.3) is 0 Å². The normalized spacial score (nSPS) is 11.1. The Morgan fingerprint density at radius 3 is 2.54 bits per heavy atom. The van der Waals surface area contributed by atoms with E-state index in [0.29, 0.717) is 5.56 Å². The molecule has 0 aliphatic rings. The zero-order chi connectivity index (χ0) is 17.7. The summed E-state index contributed by atoms with van der Waals surface area (Å²) in [4.78, 5) is 23.3. The van der Waals surface area contributed by atoms with Gasteiger partial charge in [-0.05, 0) is 29.8 Å². The monoisotopic (exact) mass is 352 g/mol. The third kappa shape index (κ3) is 4.95. The topological polar surface area (TPSA) is 99.9 Å². The van der Waals surface area contributed by atoms with Crippen LogP contribution in [0.15, 0.2) is 40.8 Å². The molecule has 0 saturated heterocycles. The Labute approximate surface area is 139 Å². The molecule has 0 fully saturated rings. The largest absolute Gasteiger partial charge is 0.463 e. The first-order valence-electron chi connectivity index (χ1n) is 6.89. The number of rotatable bonds is 6. The van der Waals surface area contributed by atoms with E-state index in [-0.39, 0.29) is 29.4 Å². The fraction of sp³-hybridized carbons (Fsp3) is 0.250. The van der Waals surface area contributed by atoms with Crippen LogP contribution >= 0.6 is 0 Å². The minimum atomic E-state index is -3.19. The number of methoxy groups -OCH3 is 1. The van der Waals surface area contributed by atoms with E-state index in [1.54, 1.807) is 12.1 Å². The summed E-state index contributed by atoms with van der Waals surface area (Å²) in [5.41, 5.74) is 0.730. The maximum Gasteiger partial charge on any atom is 0.373 e. The Hall–Kier alpha value is -2.61. The molecule has 0 spiro atoms. The number of carbonyl (C=O) groups is 2. The lowest BCUT2D eigenvalue weighted by atomic mass is 10.1. The predicted octanol–water partition coefficient (Wildman–Crippen LogP) is 1.97. The lowest BCUT2D eigenvalue weighted by Crippen LogP contribution is -2.07. The molecule has 0 atom stereocenters. The van der Waals surface area contributed by atoms with Crippen molar-refractivity contribution >= 4 is 21.8 Å². The summed E-state index contributed by atoms with van der Waals surface area (Å²) < 4.78 is 37.4. The van der Waals surface area contributed by atoms with Crippen molar-refractivity contribution in [2.75, 3.05) is 13.4 Å². The Balaban J connectivity index is 2.01. The molecule has 0 unspecified atom stereocenters. The predicted molar refractivity (Wildman–Crippen MR) is 84.2 cm³/mol. The Morgan fingerprint density at radius 2 is 1.88 bits per heavy atom. The quantitative estimate of drug-likeness (QED) is 0.733. The van der Waals surface area contributed by atoms with Crippen molar-refractivity contribution in [3.05, 3.63) is 59.0 Å². The molecule has 0 bridgehead atoms. The van der Waals surface area contributed by atoms with E-state index in [2.05, 4.69) is 4.74 Å². The highest BCUT2D eigenvalue weighted by molar-refractivity contribution is 7.89. The lowest BCUT2D eigenvalue weighted by Gasteiger charge is -2.05. The third-order valence-corrected chi connectivity index (χ3v) is 3.84. The van der Waals surface area contributed by atoms with Gasteiger partial charge in [0.05, 0.1) is 18.4 Å². The number of benzene rings is 1. The number of carbonyl (C=O) groups excluding carboxylic acids is 2. The van der Waals surface area contributed by atoms with Gasteiger partial charge in [-0.2, -0.15) is 0 Å². The summed E-state index contributed by atoms with van der Waals surface area (Å²) >= 11 is 0. The highest BCUT2D eigenvalue weighted by Crippen LogP contribution is 2.13. The van der Waals surface area contributed by atoms with E-state index in [1.165, 1.54) is 31.4 Å². The smallest absolute Gasteiger partial charge is 0.373 e. The van der Waals surface area contributed by atoms with Gasteiger partial charge in [0.1, 0.15) is 12.4 Å². The van der Waals surface area contributed by atoms with Crippen molar-refractivity contribution in [2.24, 2.45) is 0 Å². The molecule has 0 N–H and O–H groups in total. The maximum atomic E-state index is 12.0. The highest BCUT2D eigenvalue weighted by Gasteiger charge is 2.14. The van der Waals surface area contributed by atoms with Crippen molar-refractivity contribution in [1.29, 1.82) is 0 Å². The van der Waals surface area contributed by atoms with Crippen LogP contribution in [0.2, 0.25) is 0 Å². The molecule has 0 aliphatic carbocycles. The van der Waals surface area contributed by atoms with Crippen molar-refractivity contribution < 1.29 is 31.9 Å². The molecule has 1 heterocycles. The van der Waals surface area contributed by atoms with Crippen LogP contribution in [0.5, 0.6) is 0 Å². The average molecular weight is 352 g/mol. The first kappa shape index (κ1) is 17.7. The van der Waals surface area contributed by atoms with Gasteiger partial charge >= 0.3 is 11.9 Å². The Morgan fingerprint density at radius 1 is 1.12 bits per heavy atom. The SMILES string of the molecule is COC(=O)c1ccc(COC(=O)c2cccc(CS(C)(=O)=O)c2)o1. The van der Waals surface area contributed by atoms with Gasteiger partial charge in [-0.25, -0.2) is 18.0 Å². The second kappa shape index (κ2) is 7.31. The zero-order valence-corrected chi connectivity index (χ0v) is 14.0. The van der Waals surface area contributed by atoms with Gasteiger partial charge in [-0.15, -0.1) is 0 Å². The molecule has 7 nitrogen and oxygen atoms in total. The molecule has 0 saturated carbocycles. The van der Waals surface area contributed by atoms with E-state index < -0.39 is 21.8 Å².